The summed E-state index contributed by atoms with van der Waals surface area (Å²) in [5.41, 5.74) is 0.598. The third kappa shape index (κ3) is 3.93. The van der Waals surface area contributed by atoms with Crippen LogP contribution in [0.5, 0.6) is 5.75 Å². The van der Waals surface area contributed by atoms with Gasteiger partial charge in [0.05, 0.1) is 5.69 Å². The van der Waals surface area contributed by atoms with Crippen LogP contribution in [0.2, 0.25) is 5.02 Å². The van der Waals surface area contributed by atoms with Crippen molar-refractivity contribution >= 4 is 34.8 Å². The Bertz CT molecular complexity index is 790. The number of thiazole rings is 1. The SMILES string of the molecule is Cc1nc(COc2ccc(Cl)cc2)sc1C(=O)N1CCC[C@H]1C(=O)O. The van der Waals surface area contributed by atoms with Gasteiger partial charge in [0.2, 0.25) is 0 Å². The minimum atomic E-state index is -0.959. The summed E-state index contributed by atoms with van der Waals surface area (Å²) in [7, 11) is 0. The monoisotopic (exact) mass is 380 g/mol. The first kappa shape index (κ1) is 17.7. The van der Waals surface area contributed by atoms with Crippen LogP contribution in [0.3, 0.4) is 0 Å². The van der Waals surface area contributed by atoms with E-state index in [-0.39, 0.29) is 12.5 Å². The quantitative estimate of drug-likeness (QED) is 0.860. The highest BCUT2D eigenvalue weighted by atomic mass is 35.5. The lowest BCUT2D eigenvalue weighted by molar-refractivity contribution is -0.141. The summed E-state index contributed by atoms with van der Waals surface area (Å²) in [4.78, 5) is 30.2. The summed E-state index contributed by atoms with van der Waals surface area (Å²) in [5.74, 6) is -0.562. The first-order valence-corrected chi connectivity index (χ1v) is 9.03. The molecule has 1 N–H and O–H groups in total. The summed E-state index contributed by atoms with van der Waals surface area (Å²) in [6.45, 7) is 2.45. The van der Waals surface area contributed by atoms with Crippen molar-refractivity contribution in [3.63, 3.8) is 0 Å². The molecule has 1 aromatic heterocycles. The fourth-order valence-corrected chi connectivity index (χ4v) is 3.85. The molecule has 3 rings (SSSR count). The fourth-order valence-electron chi connectivity index (χ4n) is 2.79. The zero-order valence-corrected chi connectivity index (χ0v) is 15.1. The van der Waals surface area contributed by atoms with E-state index >= 15 is 0 Å². The number of aryl methyl sites for hydroxylation is 1. The Morgan fingerprint density at radius 1 is 1.40 bits per heavy atom. The normalized spacial score (nSPS) is 16.9. The summed E-state index contributed by atoms with van der Waals surface area (Å²) >= 11 is 7.08. The highest BCUT2D eigenvalue weighted by molar-refractivity contribution is 7.13. The molecule has 132 valence electrons. The number of amides is 1. The second-order valence-electron chi connectivity index (χ2n) is 5.76. The number of benzene rings is 1. The van der Waals surface area contributed by atoms with Crippen molar-refractivity contribution in [1.29, 1.82) is 0 Å². The number of ether oxygens (including phenoxy) is 1. The molecule has 1 atom stereocenters. The lowest BCUT2D eigenvalue weighted by atomic mass is 10.2. The number of hydrogen-bond acceptors (Lipinski definition) is 5. The van der Waals surface area contributed by atoms with Gasteiger partial charge in [-0.05, 0) is 44.0 Å². The Morgan fingerprint density at radius 3 is 2.80 bits per heavy atom. The van der Waals surface area contributed by atoms with Gasteiger partial charge in [-0.3, -0.25) is 4.79 Å². The number of hydrogen-bond donors (Lipinski definition) is 1. The molecule has 8 heteroatoms. The van der Waals surface area contributed by atoms with Crippen molar-refractivity contribution in [2.45, 2.75) is 32.4 Å². The number of carbonyl (C=O) groups excluding carboxylic acids is 1. The molecule has 0 radical (unpaired) electrons. The van der Waals surface area contributed by atoms with E-state index < -0.39 is 12.0 Å². The molecule has 6 nitrogen and oxygen atoms in total. The van der Waals surface area contributed by atoms with E-state index in [1.54, 1.807) is 31.2 Å². The van der Waals surface area contributed by atoms with E-state index in [9.17, 15) is 14.7 Å². The molecule has 0 aliphatic carbocycles. The average molecular weight is 381 g/mol. The van der Waals surface area contributed by atoms with Gasteiger partial charge < -0.3 is 14.7 Å². The standard InChI is InChI=1S/C17H17ClN2O4S/c1-10-15(16(21)20-8-2-3-13(20)17(22)23)25-14(19-10)9-24-12-6-4-11(18)5-7-12/h4-7,13H,2-3,8-9H2,1H3,(H,22,23)/t13-/m0/s1. The van der Waals surface area contributed by atoms with Crippen LogP contribution in [0.25, 0.3) is 0 Å². The van der Waals surface area contributed by atoms with Crippen molar-refractivity contribution in [2.24, 2.45) is 0 Å². The van der Waals surface area contributed by atoms with Crippen LogP contribution in [-0.2, 0) is 11.4 Å². The largest absolute Gasteiger partial charge is 0.486 e. The Balaban J connectivity index is 1.70. The average Bonchev–Trinajstić information content (AvgIpc) is 3.20. The van der Waals surface area contributed by atoms with Gasteiger partial charge in [0.1, 0.15) is 28.3 Å². The van der Waals surface area contributed by atoms with Crippen molar-refractivity contribution < 1.29 is 19.4 Å². The van der Waals surface area contributed by atoms with E-state index in [1.165, 1.54) is 16.2 Å². The lowest BCUT2D eigenvalue weighted by Crippen LogP contribution is -2.40. The molecule has 1 aromatic carbocycles. The molecule has 2 heterocycles. The molecule has 1 aliphatic heterocycles. The molecule has 0 unspecified atom stereocenters. The van der Waals surface area contributed by atoms with Crippen molar-refractivity contribution in [3.8, 4) is 5.75 Å². The van der Waals surface area contributed by atoms with Crippen LogP contribution in [0.1, 0.15) is 33.2 Å². The Labute approximate surface area is 154 Å². The van der Waals surface area contributed by atoms with Gasteiger partial charge in [-0.2, -0.15) is 0 Å². The number of likely N-dealkylation sites (tertiary alicyclic amines) is 1. The van der Waals surface area contributed by atoms with Crippen LogP contribution in [0.4, 0.5) is 0 Å². The van der Waals surface area contributed by atoms with E-state index in [0.29, 0.717) is 45.7 Å². The Morgan fingerprint density at radius 2 is 2.12 bits per heavy atom. The minimum absolute atomic E-state index is 0.239. The molecule has 1 fully saturated rings. The number of carboxylic acid groups (broad SMARTS) is 1. The molecule has 25 heavy (non-hydrogen) atoms. The van der Waals surface area contributed by atoms with Crippen molar-refractivity contribution in [1.82, 2.24) is 9.88 Å². The van der Waals surface area contributed by atoms with Crippen molar-refractivity contribution in [3.05, 3.63) is 44.9 Å². The van der Waals surface area contributed by atoms with Gasteiger partial charge in [0, 0.05) is 11.6 Å². The number of halogens is 1. The molecule has 1 aliphatic rings. The summed E-state index contributed by atoms with van der Waals surface area (Å²) in [6.07, 6.45) is 1.19. The second-order valence-corrected chi connectivity index (χ2v) is 7.28. The predicted octanol–water partition coefficient (Wildman–Crippen LogP) is 3.37. The molecular formula is C17H17ClN2O4S. The second kappa shape index (κ2) is 7.41. The zero-order chi connectivity index (χ0) is 18.0. The Kier molecular flexibility index (Phi) is 5.24. The van der Waals surface area contributed by atoms with E-state index in [4.69, 9.17) is 16.3 Å². The number of carbonyl (C=O) groups is 2. The predicted molar refractivity (Wildman–Crippen MR) is 94.3 cm³/mol. The van der Waals surface area contributed by atoms with Gasteiger partial charge >= 0.3 is 5.97 Å². The maximum absolute atomic E-state index is 12.7. The lowest BCUT2D eigenvalue weighted by Gasteiger charge is -2.20. The molecule has 0 saturated carbocycles. The summed E-state index contributed by atoms with van der Waals surface area (Å²) in [5, 5.41) is 10.5. The molecule has 1 saturated heterocycles. The Hall–Kier alpha value is -2.12. The number of aromatic nitrogens is 1. The molecule has 2 aromatic rings. The first-order chi connectivity index (χ1) is 12.0. The maximum Gasteiger partial charge on any atom is 0.326 e. The van der Waals surface area contributed by atoms with E-state index in [2.05, 4.69) is 4.98 Å². The highest BCUT2D eigenvalue weighted by Crippen LogP contribution is 2.26. The van der Waals surface area contributed by atoms with Gasteiger partial charge in [-0.15, -0.1) is 11.3 Å². The summed E-state index contributed by atoms with van der Waals surface area (Å²) in [6, 6.07) is 6.24. The van der Waals surface area contributed by atoms with Gasteiger partial charge in [0.25, 0.3) is 5.91 Å². The van der Waals surface area contributed by atoms with Crippen LogP contribution in [-0.4, -0.2) is 39.5 Å². The van der Waals surface area contributed by atoms with Crippen LogP contribution in [0, 0.1) is 6.92 Å². The van der Waals surface area contributed by atoms with E-state index in [1.807, 2.05) is 0 Å². The number of carboxylic acids is 1. The van der Waals surface area contributed by atoms with Crippen LogP contribution >= 0.6 is 22.9 Å². The maximum atomic E-state index is 12.7. The third-order valence-electron chi connectivity index (χ3n) is 4.01. The van der Waals surface area contributed by atoms with Crippen molar-refractivity contribution in [2.75, 3.05) is 6.54 Å². The highest BCUT2D eigenvalue weighted by Gasteiger charge is 2.35. The van der Waals surface area contributed by atoms with Crippen LogP contribution < -0.4 is 4.74 Å². The molecular weight excluding hydrogens is 364 g/mol. The molecule has 1 amide bonds. The molecule has 0 spiro atoms. The third-order valence-corrected chi connectivity index (χ3v) is 5.38. The minimum Gasteiger partial charge on any atom is -0.486 e. The first-order valence-electron chi connectivity index (χ1n) is 7.84. The number of nitrogens with zero attached hydrogens (tertiary/aromatic N) is 2. The summed E-state index contributed by atoms with van der Waals surface area (Å²) < 4.78 is 5.65. The number of aliphatic carboxylic acids is 1. The zero-order valence-electron chi connectivity index (χ0n) is 13.6. The van der Waals surface area contributed by atoms with Gasteiger partial charge in [0.15, 0.2) is 0 Å². The van der Waals surface area contributed by atoms with Gasteiger partial charge in [-0.25, -0.2) is 9.78 Å². The number of rotatable bonds is 5. The van der Waals surface area contributed by atoms with E-state index in [0.717, 1.165) is 0 Å². The van der Waals surface area contributed by atoms with Crippen LogP contribution in [0.15, 0.2) is 24.3 Å². The fraction of sp³-hybridized carbons (Fsp3) is 0.353. The topological polar surface area (TPSA) is 79.7 Å². The molecule has 0 bridgehead atoms. The van der Waals surface area contributed by atoms with Gasteiger partial charge in [-0.1, -0.05) is 11.6 Å². The smallest absolute Gasteiger partial charge is 0.326 e.